The number of aryl methyl sites for hydroxylation is 1. The van der Waals surface area contributed by atoms with E-state index in [4.69, 9.17) is 0 Å². The monoisotopic (exact) mass is 325 g/mol. The van der Waals surface area contributed by atoms with Crippen LogP contribution in [0.25, 0.3) is 0 Å². The first-order chi connectivity index (χ1) is 10.4. The van der Waals surface area contributed by atoms with Crippen molar-refractivity contribution in [1.82, 2.24) is 9.88 Å². The van der Waals surface area contributed by atoms with Crippen molar-refractivity contribution < 1.29 is 13.6 Å². The fraction of sp³-hybridized carbons (Fsp3) is 0.333. The molecule has 1 atom stereocenters. The zero-order valence-electron chi connectivity index (χ0n) is 12.6. The molecule has 0 aliphatic heterocycles. The first-order valence-electron chi connectivity index (χ1n) is 6.74. The Morgan fingerprint density at radius 2 is 2.14 bits per heavy atom. The van der Waals surface area contributed by atoms with Gasteiger partial charge in [-0.25, -0.2) is 13.8 Å². The van der Waals surface area contributed by atoms with E-state index in [1.807, 2.05) is 24.3 Å². The zero-order valence-corrected chi connectivity index (χ0v) is 13.4. The maximum Gasteiger partial charge on any atom is 0.241 e. The summed E-state index contributed by atoms with van der Waals surface area (Å²) in [5.74, 6) is -2.22. The van der Waals surface area contributed by atoms with Crippen LogP contribution in [0, 0.1) is 18.6 Å². The van der Waals surface area contributed by atoms with Crippen molar-refractivity contribution in [3.63, 3.8) is 0 Å². The lowest BCUT2D eigenvalue weighted by molar-refractivity contribution is -0.120. The van der Waals surface area contributed by atoms with Crippen LogP contribution >= 0.6 is 11.3 Å². The lowest BCUT2D eigenvalue weighted by atomic mass is 10.2. The van der Waals surface area contributed by atoms with Crippen LogP contribution < -0.4 is 5.32 Å². The number of anilines is 1. The van der Waals surface area contributed by atoms with Gasteiger partial charge < -0.3 is 5.32 Å². The molecule has 0 radical (unpaired) electrons. The number of benzene rings is 1. The van der Waals surface area contributed by atoms with E-state index in [9.17, 15) is 13.6 Å². The predicted molar refractivity (Wildman–Crippen MR) is 82.8 cm³/mol. The van der Waals surface area contributed by atoms with E-state index in [0.29, 0.717) is 6.54 Å². The summed E-state index contributed by atoms with van der Waals surface area (Å²) in [6, 6.07) is 2.84. The van der Waals surface area contributed by atoms with Gasteiger partial charge >= 0.3 is 0 Å². The number of hydrogen-bond donors (Lipinski definition) is 1. The molecule has 2 rings (SSSR count). The minimum Gasteiger partial charge on any atom is -0.325 e. The molecule has 1 unspecified atom stereocenters. The van der Waals surface area contributed by atoms with Gasteiger partial charge in [0.2, 0.25) is 5.91 Å². The number of nitrogens with one attached hydrogen (secondary N) is 1. The summed E-state index contributed by atoms with van der Waals surface area (Å²) in [4.78, 5) is 18.3. The second-order valence-corrected chi connectivity index (χ2v) is 6.13. The molecule has 1 aromatic carbocycles. The van der Waals surface area contributed by atoms with Crippen LogP contribution in [0.1, 0.15) is 17.6 Å². The summed E-state index contributed by atoms with van der Waals surface area (Å²) in [6.07, 6.45) is 0. The van der Waals surface area contributed by atoms with Crippen LogP contribution in [0.3, 0.4) is 0 Å². The van der Waals surface area contributed by atoms with Gasteiger partial charge in [-0.1, -0.05) is 0 Å². The van der Waals surface area contributed by atoms with Gasteiger partial charge in [-0.2, -0.15) is 0 Å². The highest BCUT2D eigenvalue weighted by molar-refractivity contribution is 7.09. The number of hydrogen-bond acceptors (Lipinski definition) is 4. The van der Waals surface area contributed by atoms with E-state index in [0.717, 1.165) is 22.8 Å². The Labute approximate surface area is 131 Å². The molecule has 4 nitrogen and oxygen atoms in total. The van der Waals surface area contributed by atoms with Gasteiger partial charge in [0.1, 0.15) is 0 Å². The van der Waals surface area contributed by atoms with E-state index in [-0.39, 0.29) is 11.6 Å². The van der Waals surface area contributed by atoms with Crippen molar-refractivity contribution >= 4 is 22.9 Å². The summed E-state index contributed by atoms with van der Waals surface area (Å²) in [7, 11) is 1.81. The number of carbonyl (C=O) groups is 1. The Morgan fingerprint density at radius 1 is 1.41 bits per heavy atom. The summed E-state index contributed by atoms with van der Waals surface area (Å²) in [5, 5.41) is 5.50. The topological polar surface area (TPSA) is 45.2 Å². The smallest absolute Gasteiger partial charge is 0.241 e. The van der Waals surface area contributed by atoms with E-state index in [1.165, 1.54) is 6.07 Å². The standard InChI is InChI=1S/C15H17F2N3OS/c1-9(20(3)7-12-8-22-10(2)18-12)15(21)19-11-4-5-13(16)14(17)6-11/h4-6,8-9H,7H2,1-3H3,(H,19,21). The molecule has 1 heterocycles. The summed E-state index contributed by atoms with van der Waals surface area (Å²) in [5.41, 5.74) is 1.13. The van der Waals surface area contributed by atoms with Gasteiger partial charge in [-0.3, -0.25) is 9.69 Å². The third-order valence-corrected chi connectivity index (χ3v) is 4.13. The third kappa shape index (κ3) is 4.08. The number of likely N-dealkylation sites (N-methyl/N-ethyl adjacent to an activating group) is 1. The molecule has 0 aliphatic carbocycles. The van der Waals surface area contributed by atoms with Crippen LogP contribution in [0.5, 0.6) is 0 Å². The average Bonchev–Trinajstić information content (AvgIpc) is 2.87. The lowest BCUT2D eigenvalue weighted by Crippen LogP contribution is -2.39. The van der Waals surface area contributed by atoms with Crippen molar-refractivity contribution in [1.29, 1.82) is 0 Å². The maximum atomic E-state index is 13.1. The quantitative estimate of drug-likeness (QED) is 0.918. The number of amides is 1. The highest BCUT2D eigenvalue weighted by Gasteiger charge is 2.19. The van der Waals surface area contributed by atoms with Crippen LogP contribution in [-0.4, -0.2) is 28.9 Å². The van der Waals surface area contributed by atoms with Crippen LogP contribution in [0.2, 0.25) is 0 Å². The number of carbonyl (C=O) groups excluding carboxylic acids is 1. The molecule has 0 spiro atoms. The Balaban J connectivity index is 1.97. The number of halogens is 2. The largest absolute Gasteiger partial charge is 0.325 e. The molecular weight excluding hydrogens is 308 g/mol. The van der Waals surface area contributed by atoms with Crippen molar-refractivity contribution in [2.45, 2.75) is 26.4 Å². The van der Waals surface area contributed by atoms with Gasteiger partial charge in [-0.05, 0) is 33.0 Å². The Bertz CT molecular complexity index is 675. The minimum atomic E-state index is -0.989. The molecule has 0 aliphatic rings. The highest BCUT2D eigenvalue weighted by Crippen LogP contribution is 2.15. The molecule has 0 saturated heterocycles. The molecule has 7 heteroatoms. The van der Waals surface area contributed by atoms with Crippen molar-refractivity contribution in [2.75, 3.05) is 12.4 Å². The highest BCUT2D eigenvalue weighted by atomic mass is 32.1. The van der Waals surface area contributed by atoms with E-state index >= 15 is 0 Å². The summed E-state index contributed by atoms with van der Waals surface area (Å²) >= 11 is 1.56. The van der Waals surface area contributed by atoms with Gasteiger partial charge in [0, 0.05) is 23.7 Å². The Kier molecular flexibility index (Phi) is 5.20. The van der Waals surface area contributed by atoms with Crippen LogP contribution in [0.15, 0.2) is 23.6 Å². The number of nitrogens with zero attached hydrogens (tertiary/aromatic N) is 2. The molecule has 2 aromatic rings. The number of rotatable bonds is 5. The maximum absolute atomic E-state index is 13.1. The molecule has 22 heavy (non-hydrogen) atoms. The van der Waals surface area contributed by atoms with Crippen LogP contribution in [0.4, 0.5) is 14.5 Å². The lowest BCUT2D eigenvalue weighted by Gasteiger charge is -2.23. The molecule has 1 N–H and O–H groups in total. The normalized spacial score (nSPS) is 12.5. The Morgan fingerprint density at radius 3 is 2.73 bits per heavy atom. The average molecular weight is 325 g/mol. The third-order valence-electron chi connectivity index (χ3n) is 3.31. The molecule has 118 valence electrons. The van der Waals surface area contributed by atoms with Crippen molar-refractivity contribution in [3.8, 4) is 0 Å². The second-order valence-electron chi connectivity index (χ2n) is 5.07. The second kappa shape index (κ2) is 6.93. The van der Waals surface area contributed by atoms with Crippen molar-refractivity contribution in [3.05, 3.63) is 45.9 Å². The van der Waals surface area contributed by atoms with E-state index in [1.54, 1.807) is 18.3 Å². The number of aromatic nitrogens is 1. The van der Waals surface area contributed by atoms with Gasteiger partial charge in [0.15, 0.2) is 11.6 Å². The van der Waals surface area contributed by atoms with E-state index in [2.05, 4.69) is 10.3 Å². The fourth-order valence-electron chi connectivity index (χ4n) is 1.89. The first kappa shape index (κ1) is 16.5. The molecule has 0 saturated carbocycles. The molecule has 0 fully saturated rings. The minimum absolute atomic E-state index is 0.230. The first-order valence-corrected chi connectivity index (χ1v) is 7.62. The zero-order chi connectivity index (χ0) is 16.3. The SMILES string of the molecule is Cc1nc(CN(C)C(C)C(=O)Nc2ccc(F)c(F)c2)cs1. The van der Waals surface area contributed by atoms with Gasteiger partial charge in [-0.15, -0.1) is 11.3 Å². The fourth-order valence-corrected chi connectivity index (χ4v) is 2.50. The molecule has 1 amide bonds. The summed E-state index contributed by atoms with van der Waals surface area (Å²) in [6.45, 7) is 4.21. The number of thiazole rings is 1. The van der Waals surface area contributed by atoms with E-state index < -0.39 is 17.7 Å². The van der Waals surface area contributed by atoms with Gasteiger partial charge in [0.25, 0.3) is 0 Å². The Hall–Kier alpha value is -1.86. The summed E-state index contributed by atoms with van der Waals surface area (Å²) < 4.78 is 26.0. The van der Waals surface area contributed by atoms with Crippen LogP contribution in [-0.2, 0) is 11.3 Å². The molecular formula is C15H17F2N3OS. The molecule has 0 bridgehead atoms. The molecule has 1 aromatic heterocycles. The van der Waals surface area contributed by atoms with Crippen molar-refractivity contribution in [2.24, 2.45) is 0 Å². The van der Waals surface area contributed by atoms with Gasteiger partial charge in [0.05, 0.1) is 16.7 Å². The predicted octanol–water partition coefficient (Wildman–Crippen LogP) is 3.19.